The average molecular weight is 314 g/mol. The Balaban J connectivity index is 1.84. The van der Waals surface area contributed by atoms with Gasteiger partial charge in [-0.1, -0.05) is 78.9 Å². The molecule has 0 bridgehead atoms. The van der Waals surface area contributed by atoms with Gasteiger partial charge in [0.2, 0.25) is 0 Å². The van der Waals surface area contributed by atoms with E-state index in [1.165, 1.54) is 0 Å². The maximum atomic E-state index is 13.2. The quantitative estimate of drug-likeness (QED) is 0.719. The van der Waals surface area contributed by atoms with Gasteiger partial charge in [0.1, 0.15) is 5.75 Å². The van der Waals surface area contributed by atoms with Crippen molar-refractivity contribution in [1.82, 2.24) is 0 Å². The van der Waals surface area contributed by atoms with Crippen molar-refractivity contribution < 1.29 is 9.53 Å². The second-order valence-corrected chi connectivity index (χ2v) is 6.17. The molecule has 118 valence electrons. The lowest BCUT2D eigenvalue weighted by molar-refractivity contribution is -0.136. The molecule has 1 unspecified atom stereocenters. The number of ether oxygens (including phenoxy) is 1. The number of ketones is 1. The Morgan fingerprint density at radius 2 is 1.42 bits per heavy atom. The van der Waals surface area contributed by atoms with E-state index in [4.69, 9.17) is 4.74 Å². The summed E-state index contributed by atoms with van der Waals surface area (Å²) in [6.45, 7) is 0. The Hall–Kier alpha value is -2.87. The van der Waals surface area contributed by atoms with Gasteiger partial charge in [-0.05, 0) is 11.6 Å². The van der Waals surface area contributed by atoms with Crippen LogP contribution in [0.15, 0.2) is 84.9 Å². The zero-order chi connectivity index (χ0) is 16.4. The number of rotatable bonds is 3. The van der Waals surface area contributed by atoms with E-state index in [0.717, 1.165) is 22.4 Å². The molecule has 0 saturated carbocycles. The first-order valence-electron chi connectivity index (χ1n) is 8.18. The minimum atomic E-state index is -0.961. The van der Waals surface area contributed by atoms with Gasteiger partial charge in [-0.3, -0.25) is 4.79 Å². The molecule has 1 atom stereocenters. The fraction of sp³-hybridized carbons (Fsp3) is 0.136. The Labute approximate surface area is 141 Å². The summed E-state index contributed by atoms with van der Waals surface area (Å²) >= 11 is 0. The first-order chi connectivity index (χ1) is 11.8. The number of hydrogen-bond acceptors (Lipinski definition) is 2. The lowest BCUT2D eigenvalue weighted by Gasteiger charge is -2.38. The van der Waals surface area contributed by atoms with E-state index in [2.05, 4.69) is 0 Å². The molecule has 1 aliphatic rings. The molecule has 0 amide bonds. The van der Waals surface area contributed by atoms with Gasteiger partial charge < -0.3 is 4.74 Å². The molecule has 0 saturated heterocycles. The van der Waals surface area contributed by atoms with Crippen molar-refractivity contribution in [2.24, 2.45) is 0 Å². The van der Waals surface area contributed by atoms with E-state index in [9.17, 15) is 4.79 Å². The van der Waals surface area contributed by atoms with E-state index in [1.807, 2.05) is 84.9 Å². The molecule has 0 aromatic heterocycles. The van der Waals surface area contributed by atoms with Crippen molar-refractivity contribution in [1.29, 1.82) is 0 Å². The van der Waals surface area contributed by atoms with Crippen molar-refractivity contribution in [2.45, 2.75) is 18.4 Å². The van der Waals surface area contributed by atoms with Crippen LogP contribution in [0.25, 0.3) is 0 Å². The third-order valence-corrected chi connectivity index (χ3v) is 4.59. The highest BCUT2D eigenvalue weighted by Gasteiger charge is 2.45. The topological polar surface area (TPSA) is 26.3 Å². The van der Waals surface area contributed by atoms with Gasteiger partial charge in [0.15, 0.2) is 11.4 Å². The van der Waals surface area contributed by atoms with Crippen LogP contribution in [0.2, 0.25) is 0 Å². The fourth-order valence-electron chi connectivity index (χ4n) is 3.36. The molecule has 0 radical (unpaired) electrons. The van der Waals surface area contributed by atoms with Crippen molar-refractivity contribution in [2.75, 3.05) is 0 Å². The van der Waals surface area contributed by atoms with Crippen molar-refractivity contribution >= 4 is 5.78 Å². The smallest absolute Gasteiger partial charge is 0.196 e. The molecular weight excluding hydrogens is 296 g/mol. The van der Waals surface area contributed by atoms with Crippen LogP contribution in [0.4, 0.5) is 0 Å². The zero-order valence-electron chi connectivity index (χ0n) is 13.3. The lowest BCUT2D eigenvalue weighted by atomic mass is 9.79. The van der Waals surface area contributed by atoms with Gasteiger partial charge in [0.05, 0.1) is 0 Å². The maximum absolute atomic E-state index is 13.2. The molecule has 24 heavy (non-hydrogen) atoms. The normalized spacial score (nSPS) is 19.4. The number of Topliss-reactive ketones (excluding diaryl/α,β-unsaturated/α-hetero) is 1. The number of carbonyl (C=O) groups is 1. The van der Waals surface area contributed by atoms with E-state index < -0.39 is 5.60 Å². The highest BCUT2D eigenvalue weighted by Crippen LogP contribution is 2.39. The number of para-hydroxylation sites is 1. The monoisotopic (exact) mass is 314 g/mol. The van der Waals surface area contributed by atoms with Crippen LogP contribution in [0.5, 0.6) is 5.75 Å². The summed E-state index contributed by atoms with van der Waals surface area (Å²) in [6, 6.07) is 27.7. The van der Waals surface area contributed by atoms with Crippen LogP contribution < -0.4 is 4.74 Å². The van der Waals surface area contributed by atoms with Crippen LogP contribution in [0.3, 0.4) is 0 Å². The largest absolute Gasteiger partial charge is 0.474 e. The molecular formula is C22H18O2. The first kappa shape index (κ1) is 14.7. The van der Waals surface area contributed by atoms with E-state index in [1.54, 1.807) is 0 Å². The molecule has 4 rings (SSSR count). The molecule has 3 aromatic carbocycles. The molecule has 0 N–H and O–H groups in total. The standard InChI is InChI=1S/C22H18O2/c23-21-15-18-11-7-8-14-20(18)24-22(21,19-12-5-2-6-13-19)16-17-9-3-1-4-10-17/h1-14H,15-16H2. The third kappa shape index (κ3) is 2.50. The summed E-state index contributed by atoms with van der Waals surface area (Å²) in [7, 11) is 0. The van der Waals surface area contributed by atoms with Gasteiger partial charge in [0, 0.05) is 24.0 Å². The van der Waals surface area contributed by atoms with Crippen LogP contribution in [-0.4, -0.2) is 5.78 Å². The van der Waals surface area contributed by atoms with Gasteiger partial charge in [-0.25, -0.2) is 0 Å². The van der Waals surface area contributed by atoms with Gasteiger partial charge in [-0.2, -0.15) is 0 Å². The van der Waals surface area contributed by atoms with Gasteiger partial charge in [-0.15, -0.1) is 0 Å². The van der Waals surface area contributed by atoms with Crippen LogP contribution >= 0.6 is 0 Å². The number of carbonyl (C=O) groups excluding carboxylic acids is 1. The summed E-state index contributed by atoms with van der Waals surface area (Å²) in [4.78, 5) is 13.2. The second kappa shape index (κ2) is 5.97. The third-order valence-electron chi connectivity index (χ3n) is 4.59. The number of benzene rings is 3. The van der Waals surface area contributed by atoms with Crippen molar-refractivity contribution in [3.05, 3.63) is 102 Å². The Morgan fingerprint density at radius 3 is 2.17 bits per heavy atom. The second-order valence-electron chi connectivity index (χ2n) is 6.17. The maximum Gasteiger partial charge on any atom is 0.196 e. The van der Waals surface area contributed by atoms with Gasteiger partial charge >= 0.3 is 0 Å². The van der Waals surface area contributed by atoms with Crippen LogP contribution in [0.1, 0.15) is 16.7 Å². The highest BCUT2D eigenvalue weighted by molar-refractivity contribution is 5.93. The summed E-state index contributed by atoms with van der Waals surface area (Å²) < 4.78 is 6.37. The van der Waals surface area contributed by atoms with E-state index in [-0.39, 0.29) is 5.78 Å². The van der Waals surface area contributed by atoms with Crippen molar-refractivity contribution in [3.63, 3.8) is 0 Å². The molecule has 0 spiro atoms. The Morgan fingerprint density at radius 1 is 0.792 bits per heavy atom. The molecule has 2 nitrogen and oxygen atoms in total. The summed E-state index contributed by atoms with van der Waals surface area (Å²) in [6.07, 6.45) is 0.933. The SMILES string of the molecule is O=C1Cc2ccccc2OC1(Cc1ccccc1)c1ccccc1. The van der Waals surface area contributed by atoms with Crippen LogP contribution in [0, 0.1) is 0 Å². The summed E-state index contributed by atoms with van der Waals surface area (Å²) in [5, 5.41) is 0. The Bertz CT molecular complexity index is 855. The minimum Gasteiger partial charge on any atom is -0.474 e. The van der Waals surface area contributed by atoms with E-state index in [0.29, 0.717) is 12.8 Å². The molecule has 1 aliphatic heterocycles. The van der Waals surface area contributed by atoms with Gasteiger partial charge in [0.25, 0.3) is 0 Å². The number of fused-ring (bicyclic) bond motifs is 1. The molecule has 1 heterocycles. The minimum absolute atomic E-state index is 0.108. The zero-order valence-corrected chi connectivity index (χ0v) is 13.3. The average Bonchev–Trinajstić information content (AvgIpc) is 2.64. The lowest BCUT2D eigenvalue weighted by Crippen LogP contribution is -2.47. The predicted octanol–water partition coefficient (Wildman–Crippen LogP) is 4.33. The van der Waals surface area contributed by atoms with Crippen LogP contribution in [-0.2, 0) is 23.2 Å². The molecule has 0 aliphatic carbocycles. The van der Waals surface area contributed by atoms with E-state index >= 15 is 0 Å². The first-order valence-corrected chi connectivity index (χ1v) is 8.18. The predicted molar refractivity (Wildman–Crippen MR) is 94.0 cm³/mol. The molecule has 0 fully saturated rings. The van der Waals surface area contributed by atoms with Crippen molar-refractivity contribution in [3.8, 4) is 5.75 Å². The highest BCUT2D eigenvalue weighted by atomic mass is 16.5. The fourth-order valence-corrected chi connectivity index (χ4v) is 3.36. The Kier molecular flexibility index (Phi) is 3.66. The number of hydrogen-bond donors (Lipinski definition) is 0. The molecule has 2 heteroatoms. The summed E-state index contributed by atoms with van der Waals surface area (Å²) in [5.74, 6) is 0.910. The molecule has 3 aromatic rings. The summed E-state index contributed by atoms with van der Waals surface area (Å²) in [5.41, 5.74) is 2.00.